The van der Waals surface area contributed by atoms with Crippen LogP contribution >= 0.6 is 11.6 Å². The zero-order valence-electron chi connectivity index (χ0n) is 15.5. The lowest BCUT2D eigenvalue weighted by atomic mass is 9.68. The van der Waals surface area contributed by atoms with E-state index in [4.69, 9.17) is 11.6 Å². The summed E-state index contributed by atoms with van der Waals surface area (Å²) in [6.45, 7) is 3.06. The van der Waals surface area contributed by atoms with Crippen LogP contribution in [0, 0.1) is 17.3 Å². The second-order valence-corrected chi connectivity index (χ2v) is 8.11. The lowest BCUT2D eigenvalue weighted by Gasteiger charge is -2.44. The van der Waals surface area contributed by atoms with Gasteiger partial charge in [0.2, 0.25) is 0 Å². The van der Waals surface area contributed by atoms with Crippen LogP contribution < -0.4 is 9.64 Å². The lowest BCUT2D eigenvalue weighted by Crippen LogP contribution is -2.41. The molecule has 2 atom stereocenters. The minimum atomic E-state index is -4.74. The first-order valence-electron chi connectivity index (χ1n) is 9.31. The summed E-state index contributed by atoms with van der Waals surface area (Å²) >= 11 is 6.21. The van der Waals surface area contributed by atoms with Gasteiger partial charge in [0, 0.05) is 19.2 Å². The zero-order chi connectivity index (χ0) is 20.5. The van der Waals surface area contributed by atoms with Crippen LogP contribution in [0.1, 0.15) is 32.6 Å². The highest BCUT2D eigenvalue weighted by Gasteiger charge is 2.37. The van der Waals surface area contributed by atoms with Gasteiger partial charge in [-0.05, 0) is 49.1 Å². The van der Waals surface area contributed by atoms with Crippen molar-refractivity contribution >= 4 is 23.3 Å². The van der Waals surface area contributed by atoms with Crippen molar-refractivity contribution in [2.75, 3.05) is 18.0 Å². The lowest BCUT2D eigenvalue weighted by molar-refractivity contribution is -0.274. The molecule has 1 N–H and O–H groups in total. The van der Waals surface area contributed by atoms with Gasteiger partial charge in [-0.3, -0.25) is 4.79 Å². The predicted molar refractivity (Wildman–Crippen MR) is 101 cm³/mol. The molecule has 4 nitrogen and oxygen atoms in total. The molecule has 8 heteroatoms. The van der Waals surface area contributed by atoms with Crippen molar-refractivity contribution < 1.29 is 27.8 Å². The number of carboxylic acids is 1. The number of carboxylic acid groups (broad SMARTS) is 1. The first kappa shape index (κ1) is 20.8. The summed E-state index contributed by atoms with van der Waals surface area (Å²) in [6, 6.07) is 3.95. The van der Waals surface area contributed by atoms with Gasteiger partial charge in [0.05, 0.1) is 16.6 Å². The van der Waals surface area contributed by atoms with Gasteiger partial charge in [-0.1, -0.05) is 30.7 Å². The topological polar surface area (TPSA) is 49.8 Å². The number of hydrogen-bond acceptors (Lipinski definition) is 3. The quantitative estimate of drug-likeness (QED) is 0.656. The van der Waals surface area contributed by atoms with E-state index in [1.54, 1.807) is 6.92 Å². The van der Waals surface area contributed by atoms with E-state index < -0.39 is 18.2 Å². The Labute approximate surface area is 166 Å². The summed E-state index contributed by atoms with van der Waals surface area (Å²) in [7, 11) is 0. The number of anilines is 1. The highest BCUT2D eigenvalue weighted by Crippen LogP contribution is 2.45. The third-order valence-electron chi connectivity index (χ3n) is 5.96. The molecule has 1 aromatic carbocycles. The molecule has 1 spiro atoms. The molecule has 1 aromatic rings. The molecule has 1 saturated heterocycles. The number of carbonyl (C=O) groups is 1. The monoisotopic (exact) mass is 417 g/mol. The van der Waals surface area contributed by atoms with Crippen LogP contribution in [0.15, 0.2) is 30.4 Å². The maximum Gasteiger partial charge on any atom is 0.573 e. The highest BCUT2D eigenvalue weighted by molar-refractivity contribution is 6.33. The summed E-state index contributed by atoms with van der Waals surface area (Å²) in [5.74, 6) is -1.41. The van der Waals surface area contributed by atoms with Gasteiger partial charge in [0.1, 0.15) is 5.75 Å². The third kappa shape index (κ3) is 4.74. The predicted octanol–water partition coefficient (Wildman–Crippen LogP) is 5.51. The first-order valence-corrected chi connectivity index (χ1v) is 9.69. The number of nitrogens with zero attached hydrogens (tertiary/aromatic N) is 1. The number of rotatable bonds is 4. The summed E-state index contributed by atoms with van der Waals surface area (Å²) in [6.07, 6.45) is 2.89. The number of halogens is 4. The van der Waals surface area contributed by atoms with E-state index in [0.29, 0.717) is 23.8 Å². The van der Waals surface area contributed by atoms with Crippen molar-refractivity contribution in [2.24, 2.45) is 17.3 Å². The maximum absolute atomic E-state index is 12.5. The van der Waals surface area contributed by atoms with Crippen molar-refractivity contribution in [1.29, 1.82) is 0 Å². The molecule has 154 valence electrons. The second kappa shape index (κ2) is 7.85. The molecule has 0 radical (unpaired) electrons. The number of benzene rings is 1. The molecule has 1 heterocycles. The fourth-order valence-electron chi connectivity index (χ4n) is 4.10. The van der Waals surface area contributed by atoms with Crippen molar-refractivity contribution in [3.05, 3.63) is 35.4 Å². The summed E-state index contributed by atoms with van der Waals surface area (Å²) in [5.41, 5.74) is 0.563. The Morgan fingerprint density at radius 3 is 2.54 bits per heavy atom. The van der Waals surface area contributed by atoms with Crippen molar-refractivity contribution in [2.45, 2.75) is 39.0 Å². The van der Waals surface area contributed by atoms with E-state index in [1.807, 2.05) is 11.0 Å². The van der Waals surface area contributed by atoms with Gasteiger partial charge in [-0.2, -0.15) is 0 Å². The van der Waals surface area contributed by atoms with Crippen LogP contribution in [-0.2, 0) is 4.79 Å². The molecule has 0 aromatic heterocycles. The Morgan fingerprint density at radius 2 is 2.00 bits per heavy atom. The van der Waals surface area contributed by atoms with Crippen LogP contribution in [0.25, 0.3) is 0 Å². The van der Waals surface area contributed by atoms with Crippen LogP contribution in [-0.4, -0.2) is 30.5 Å². The van der Waals surface area contributed by atoms with Gasteiger partial charge in [-0.15, -0.1) is 13.2 Å². The van der Waals surface area contributed by atoms with Crippen LogP contribution in [0.5, 0.6) is 5.75 Å². The maximum atomic E-state index is 12.5. The van der Waals surface area contributed by atoms with Crippen LogP contribution in [0.4, 0.5) is 18.9 Å². The Kier molecular flexibility index (Phi) is 5.84. The van der Waals surface area contributed by atoms with Gasteiger partial charge < -0.3 is 14.7 Å². The molecule has 1 fully saturated rings. The fraction of sp³-hybridized carbons (Fsp3) is 0.550. The standard InChI is InChI=1S/C20H23ClF3NO3/c1-13(18(26)27)14-4-6-19(7-5-14)8-10-25(11-9-19)17-12-15(2-3-16(17)21)28-20(22,23)24/h2-4,6,12-14H,5,7-11H2,1H3,(H,26,27). The van der Waals surface area contributed by atoms with E-state index in [1.165, 1.54) is 18.2 Å². The molecule has 2 unspecified atom stereocenters. The SMILES string of the molecule is CC(C(=O)O)C1C=CC2(CC1)CCN(c1cc(OC(F)(F)F)ccc1Cl)CC2. The molecule has 0 bridgehead atoms. The number of alkyl halides is 3. The van der Waals surface area contributed by atoms with Crippen LogP contribution in [0.2, 0.25) is 5.02 Å². The van der Waals surface area contributed by atoms with Crippen molar-refractivity contribution in [3.63, 3.8) is 0 Å². The number of hydrogen-bond donors (Lipinski definition) is 1. The van der Waals surface area contributed by atoms with E-state index in [0.717, 1.165) is 25.7 Å². The molecule has 3 rings (SSSR count). The average molecular weight is 418 g/mol. The Balaban J connectivity index is 1.67. The molecule has 0 amide bonds. The number of allylic oxidation sites excluding steroid dienone is 2. The van der Waals surface area contributed by atoms with Crippen LogP contribution in [0.3, 0.4) is 0 Å². The minimum absolute atomic E-state index is 0.0256. The Morgan fingerprint density at radius 1 is 1.32 bits per heavy atom. The molecule has 1 aliphatic heterocycles. The van der Waals surface area contributed by atoms with Crippen molar-refractivity contribution in [3.8, 4) is 5.75 Å². The molecule has 0 saturated carbocycles. The molecule has 1 aliphatic carbocycles. The zero-order valence-corrected chi connectivity index (χ0v) is 16.3. The number of piperidine rings is 1. The number of ether oxygens (including phenoxy) is 1. The largest absolute Gasteiger partial charge is 0.573 e. The fourth-order valence-corrected chi connectivity index (χ4v) is 4.34. The first-order chi connectivity index (χ1) is 13.1. The van der Waals surface area contributed by atoms with Gasteiger partial charge >= 0.3 is 12.3 Å². The summed E-state index contributed by atoms with van der Waals surface area (Å²) in [4.78, 5) is 13.2. The van der Waals surface area contributed by atoms with Gasteiger partial charge in [-0.25, -0.2) is 0 Å². The normalized spacial score (nSPS) is 22.9. The van der Waals surface area contributed by atoms with E-state index in [9.17, 15) is 23.1 Å². The summed E-state index contributed by atoms with van der Waals surface area (Å²) in [5, 5.41) is 9.57. The third-order valence-corrected chi connectivity index (χ3v) is 6.27. The molecule has 28 heavy (non-hydrogen) atoms. The van der Waals surface area contributed by atoms with E-state index >= 15 is 0 Å². The number of aliphatic carboxylic acids is 1. The van der Waals surface area contributed by atoms with Crippen molar-refractivity contribution in [1.82, 2.24) is 0 Å². The molecular weight excluding hydrogens is 395 g/mol. The molecule has 2 aliphatic rings. The second-order valence-electron chi connectivity index (χ2n) is 7.70. The average Bonchev–Trinajstić information content (AvgIpc) is 2.63. The van der Waals surface area contributed by atoms with E-state index in [2.05, 4.69) is 10.8 Å². The smallest absolute Gasteiger partial charge is 0.481 e. The highest BCUT2D eigenvalue weighted by atomic mass is 35.5. The minimum Gasteiger partial charge on any atom is -0.481 e. The Hall–Kier alpha value is -1.89. The van der Waals surface area contributed by atoms with Gasteiger partial charge in [0.25, 0.3) is 0 Å². The Bertz CT molecular complexity index is 758. The summed E-state index contributed by atoms with van der Waals surface area (Å²) < 4.78 is 41.4. The van der Waals surface area contributed by atoms with E-state index in [-0.39, 0.29) is 17.1 Å². The van der Waals surface area contributed by atoms with Gasteiger partial charge in [0.15, 0.2) is 0 Å². The molecular formula is C20H23ClF3NO3.